The Morgan fingerprint density at radius 1 is 0.407 bits per heavy atom. The van der Waals surface area contributed by atoms with E-state index >= 15 is 0 Å². The van der Waals surface area contributed by atoms with E-state index in [4.69, 9.17) is 4.42 Å². The third-order valence-corrected chi connectivity index (χ3v) is 12.9. The van der Waals surface area contributed by atoms with E-state index in [2.05, 4.69) is 198 Å². The molecule has 0 spiro atoms. The lowest BCUT2D eigenvalue weighted by molar-refractivity contribution is 0.669. The average Bonchev–Trinajstić information content (AvgIpc) is 3.61. The monoisotopic (exact) mass is 757 g/mol. The number of furan rings is 1. The SMILES string of the molecule is Cc1cc(C)c(B(c2c(C)cc(C)cc2C)c2ccc3ccc4c(N(c5ccc6ccccc6c5)c5cccc6c5oc5ccccc56)ccc5ccc2c3c54)c(C)c1. The summed E-state index contributed by atoms with van der Waals surface area (Å²) < 4.78 is 6.76. The summed E-state index contributed by atoms with van der Waals surface area (Å²) in [4.78, 5) is 2.42. The molecule has 0 aliphatic heterocycles. The number of benzene rings is 10. The van der Waals surface area contributed by atoms with Crippen LogP contribution in [0.4, 0.5) is 17.1 Å². The predicted octanol–water partition coefficient (Wildman–Crippen LogP) is 13.5. The first-order valence-corrected chi connectivity index (χ1v) is 20.8. The summed E-state index contributed by atoms with van der Waals surface area (Å²) >= 11 is 0. The van der Waals surface area contributed by atoms with Gasteiger partial charge in [0.15, 0.2) is 5.58 Å². The van der Waals surface area contributed by atoms with Crippen LogP contribution >= 0.6 is 0 Å². The molecule has 0 fully saturated rings. The molecule has 0 amide bonds. The molecule has 0 aliphatic rings. The maximum atomic E-state index is 6.76. The Morgan fingerprint density at radius 2 is 0.966 bits per heavy atom. The normalized spacial score (nSPS) is 11.9. The Balaban J connectivity index is 1.22. The smallest absolute Gasteiger partial charge is 0.243 e. The van der Waals surface area contributed by atoms with Gasteiger partial charge >= 0.3 is 0 Å². The summed E-state index contributed by atoms with van der Waals surface area (Å²) in [5.41, 5.74) is 17.1. The molecule has 2 nitrogen and oxygen atoms in total. The van der Waals surface area contributed by atoms with Crippen molar-refractivity contribution in [2.45, 2.75) is 41.5 Å². The van der Waals surface area contributed by atoms with Crippen molar-refractivity contribution in [2.24, 2.45) is 0 Å². The Hall–Kier alpha value is -6.84. The molecule has 59 heavy (non-hydrogen) atoms. The molecule has 1 aromatic heterocycles. The van der Waals surface area contributed by atoms with Crippen LogP contribution in [0.25, 0.3) is 65.0 Å². The van der Waals surface area contributed by atoms with Gasteiger partial charge in [0.05, 0.1) is 11.4 Å². The van der Waals surface area contributed by atoms with E-state index < -0.39 is 0 Å². The van der Waals surface area contributed by atoms with Crippen LogP contribution in [0.3, 0.4) is 0 Å². The summed E-state index contributed by atoms with van der Waals surface area (Å²) in [5, 5.41) is 12.3. The van der Waals surface area contributed by atoms with Gasteiger partial charge in [-0.1, -0.05) is 177 Å². The molecule has 0 saturated heterocycles. The van der Waals surface area contributed by atoms with Gasteiger partial charge < -0.3 is 9.32 Å². The highest BCUT2D eigenvalue weighted by molar-refractivity contribution is 6.98. The third-order valence-electron chi connectivity index (χ3n) is 12.9. The molecular weight excluding hydrogens is 713 g/mol. The highest BCUT2D eigenvalue weighted by atomic mass is 16.3. The first kappa shape index (κ1) is 35.3. The average molecular weight is 758 g/mol. The van der Waals surface area contributed by atoms with Crippen LogP contribution in [0.1, 0.15) is 33.4 Å². The second-order valence-corrected chi connectivity index (χ2v) is 16.8. The van der Waals surface area contributed by atoms with Crippen molar-refractivity contribution >= 4 is 105 Å². The highest BCUT2D eigenvalue weighted by Gasteiger charge is 2.31. The molecule has 0 unspecified atom stereocenters. The molecule has 11 rings (SSSR count). The molecule has 0 saturated carbocycles. The largest absolute Gasteiger partial charge is 0.454 e. The van der Waals surface area contributed by atoms with E-state index in [0.29, 0.717) is 0 Å². The van der Waals surface area contributed by atoms with Gasteiger partial charge in [-0.05, 0) is 110 Å². The van der Waals surface area contributed by atoms with Gasteiger partial charge in [0.1, 0.15) is 5.58 Å². The summed E-state index contributed by atoms with van der Waals surface area (Å²) in [6, 6.07) is 58.6. The highest BCUT2D eigenvalue weighted by Crippen LogP contribution is 2.47. The Bertz CT molecular complexity index is 3380. The Kier molecular flexibility index (Phi) is 8.00. The predicted molar refractivity (Wildman–Crippen MR) is 256 cm³/mol. The molecule has 0 radical (unpaired) electrons. The fraction of sp³-hybridized carbons (Fsp3) is 0.107. The number of hydrogen-bond donors (Lipinski definition) is 0. The number of aryl methyl sites for hydroxylation is 6. The molecule has 3 heteroatoms. The van der Waals surface area contributed by atoms with Crippen LogP contribution in [-0.2, 0) is 0 Å². The minimum absolute atomic E-state index is 0.0695. The summed E-state index contributed by atoms with van der Waals surface area (Å²) in [6.45, 7) is 13.7. The van der Waals surface area contributed by atoms with Gasteiger partial charge in [-0.2, -0.15) is 0 Å². The molecule has 0 atom stereocenters. The summed E-state index contributed by atoms with van der Waals surface area (Å²) in [6.07, 6.45) is 0. The van der Waals surface area contributed by atoms with E-state index in [0.717, 1.165) is 39.0 Å². The first-order chi connectivity index (χ1) is 28.7. The van der Waals surface area contributed by atoms with E-state index in [-0.39, 0.29) is 6.71 Å². The zero-order chi connectivity index (χ0) is 40.1. The summed E-state index contributed by atoms with van der Waals surface area (Å²) in [7, 11) is 0. The number of para-hydroxylation sites is 2. The molecule has 0 N–H and O–H groups in total. The molecule has 0 aliphatic carbocycles. The molecule has 10 aromatic carbocycles. The zero-order valence-corrected chi connectivity index (χ0v) is 34.4. The second-order valence-electron chi connectivity index (χ2n) is 16.8. The van der Waals surface area contributed by atoms with E-state index in [1.54, 1.807) is 0 Å². The Labute approximate surface area is 345 Å². The van der Waals surface area contributed by atoms with Crippen molar-refractivity contribution in [1.29, 1.82) is 0 Å². The number of anilines is 3. The standard InChI is InChI=1S/C56H44BNO/c1-33-28-35(3)54(36(4)29-33)57(55-37(5)30-34(2)31-38(55)6)48-26-21-40-20-25-47-49(27-22-41-19-24-46(48)52(40)53(41)47)58(43-23-18-39-12-7-8-13-42(39)32-43)50-16-11-15-45-44-14-9-10-17-51(44)59-56(45)50/h7-32H,1-6H3. The quantitative estimate of drug-likeness (QED) is 0.124. The van der Waals surface area contributed by atoms with Gasteiger partial charge in [-0.15, -0.1) is 0 Å². The first-order valence-electron chi connectivity index (χ1n) is 20.8. The van der Waals surface area contributed by atoms with E-state index in [1.165, 1.54) is 92.9 Å². The van der Waals surface area contributed by atoms with Crippen LogP contribution in [0.5, 0.6) is 0 Å². The van der Waals surface area contributed by atoms with Crippen molar-refractivity contribution in [2.75, 3.05) is 4.90 Å². The lowest BCUT2D eigenvalue weighted by Crippen LogP contribution is -2.56. The van der Waals surface area contributed by atoms with Gasteiger partial charge in [-0.3, -0.25) is 0 Å². The maximum absolute atomic E-state index is 6.76. The van der Waals surface area contributed by atoms with Crippen LogP contribution in [0.15, 0.2) is 162 Å². The minimum atomic E-state index is 0.0695. The van der Waals surface area contributed by atoms with Crippen LogP contribution < -0.4 is 21.3 Å². The van der Waals surface area contributed by atoms with Crippen molar-refractivity contribution < 1.29 is 4.42 Å². The number of rotatable bonds is 6. The van der Waals surface area contributed by atoms with E-state index in [9.17, 15) is 0 Å². The fourth-order valence-electron chi connectivity index (χ4n) is 10.6. The summed E-state index contributed by atoms with van der Waals surface area (Å²) in [5.74, 6) is 0. The van der Waals surface area contributed by atoms with Crippen LogP contribution in [0.2, 0.25) is 0 Å². The van der Waals surface area contributed by atoms with Gasteiger partial charge in [0.2, 0.25) is 6.71 Å². The minimum Gasteiger partial charge on any atom is -0.454 e. The van der Waals surface area contributed by atoms with Gasteiger partial charge in [0.25, 0.3) is 0 Å². The fourth-order valence-corrected chi connectivity index (χ4v) is 10.6. The second kappa shape index (κ2) is 13.4. The topological polar surface area (TPSA) is 16.4 Å². The maximum Gasteiger partial charge on any atom is 0.243 e. The zero-order valence-electron chi connectivity index (χ0n) is 34.4. The lowest BCUT2D eigenvalue weighted by Gasteiger charge is -2.29. The van der Waals surface area contributed by atoms with Crippen LogP contribution in [0, 0.1) is 41.5 Å². The molecular formula is C56H44BNO. The molecule has 1 heterocycles. The van der Waals surface area contributed by atoms with Crippen molar-refractivity contribution in [3.05, 3.63) is 191 Å². The number of nitrogens with zero attached hydrogens (tertiary/aromatic N) is 1. The molecule has 11 aromatic rings. The lowest BCUT2D eigenvalue weighted by atomic mass is 9.33. The van der Waals surface area contributed by atoms with Crippen molar-refractivity contribution in [3.8, 4) is 0 Å². The van der Waals surface area contributed by atoms with Gasteiger partial charge in [0, 0.05) is 21.8 Å². The van der Waals surface area contributed by atoms with Gasteiger partial charge in [-0.25, -0.2) is 0 Å². The third kappa shape index (κ3) is 5.48. The van der Waals surface area contributed by atoms with E-state index in [1.807, 2.05) is 6.07 Å². The van der Waals surface area contributed by atoms with Crippen LogP contribution in [-0.4, -0.2) is 6.71 Å². The van der Waals surface area contributed by atoms with Crippen molar-refractivity contribution in [1.82, 2.24) is 0 Å². The number of hydrogen-bond acceptors (Lipinski definition) is 2. The molecule has 282 valence electrons. The number of fused-ring (bicyclic) bond motifs is 4. The molecule has 0 bridgehead atoms. The van der Waals surface area contributed by atoms with Crippen molar-refractivity contribution in [3.63, 3.8) is 0 Å². The Morgan fingerprint density at radius 3 is 1.68 bits per heavy atom.